The Labute approximate surface area is 134 Å². The molecule has 1 aromatic carbocycles. The number of anilines is 1. The number of nitrogens with zero attached hydrogens (tertiary/aromatic N) is 1. The molecule has 2 aromatic rings. The summed E-state index contributed by atoms with van der Waals surface area (Å²) in [4.78, 5) is 14.5. The van der Waals surface area contributed by atoms with Crippen molar-refractivity contribution in [3.63, 3.8) is 0 Å². The molecule has 0 unspecified atom stereocenters. The number of thiophene rings is 1. The van der Waals surface area contributed by atoms with E-state index in [4.69, 9.17) is 5.26 Å². The van der Waals surface area contributed by atoms with E-state index >= 15 is 0 Å². The maximum absolute atomic E-state index is 12.4. The standard InChI is InChI=1S/C18H18N2OS/c1-12-2-7-16-14(10-12)11-17(22-16)18(21)20-15-5-3-13(4-6-15)8-9-19/h3-6,11-12H,2,7-8,10H2,1H3,(H,20,21)/t12-/m1/s1. The van der Waals surface area contributed by atoms with E-state index in [2.05, 4.69) is 24.4 Å². The molecule has 4 heteroatoms. The summed E-state index contributed by atoms with van der Waals surface area (Å²) in [6.45, 7) is 2.27. The van der Waals surface area contributed by atoms with Gasteiger partial charge in [0.2, 0.25) is 0 Å². The van der Waals surface area contributed by atoms with Crippen molar-refractivity contribution in [2.24, 2.45) is 5.92 Å². The molecule has 1 heterocycles. The Morgan fingerprint density at radius 3 is 2.91 bits per heavy atom. The molecule has 1 aliphatic carbocycles. The number of fused-ring (bicyclic) bond motifs is 1. The lowest BCUT2D eigenvalue weighted by molar-refractivity contribution is 0.103. The monoisotopic (exact) mass is 310 g/mol. The first kappa shape index (κ1) is 14.8. The fourth-order valence-electron chi connectivity index (χ4n) is 2.81. The highest BCUT2D eigenvalue weighted by Crippen LogP contribution is 2.32. The molecule has 3 nitrogen and oxygen atoms in total. The van der Waals surface area contributed by atoms with Gasteiger partial charge in [0, 0.05) is 10.6 Å². The van der Waals surface area contributed by atoms with Crippen molar-refractivity contribution in [3.8, 4) is 6.07 Å². The number of carbonyl (C=O) groups is 1. The quantitative estimate of drug-likeness (QED) is 0.924. The van der Waals surface area contributed by atoms with Gasteiger partial charge in [0.05, 0.1) is 17.4 Å². The summed E-state index contributed by atoms with van der Waals surface area (Å²) in [6.07, 6.45) is 3.79. The van der Waals surface area contributed by atoms with Gasteiger partial charge in [-0.3, -0.25) is 4.79 Å². The van der Waals surface area contributed by atoms with Crippen molar-refractivity contribution < 1.29 is 4.79 Å². The van der Waals surface area contributed by atoms with E-state index in [-0.39, 0.29) is 5.91 Å². The first-order valence-corrected chi connectivity index (χ1v) is 8.36. The van der Waals surface area contributed by atoms with Crippen molar-refractivity contribution in [1.29, 1.82) is 5.26 Å². The molecule has 0 aliphatic heterocycles. The zero-order chi connectivity index (χ0) is 15.5. The number of benzene rings is 1. The first-order valence-electron chi connectivity index (χ1n) is 7.54. The minimum Gasteiger partial charge on any atom is -0.321 e. The molecule has 22 heavy (non-hydrogen) atoms. The number of carbonyl (C=O) groups excluding carboxylic acids is 1. The molecular weight excluding hydrogens is 292 g/mol. The van der Waals surface area contributed by atoms with E-state index in [0.717, 1.165) is 29.0 Å². The van der Waals surface area contributed by atoms with Crippen LogP contribution in [0.3, 0.4) is 0 Å². The Bertz CT molecular complexity index is 725. The third-order valence-electron chi connectivity index (χ3n) is 4.05. The first-order chi connectivity index (χ1) is 10.7. The van der Waals surface area contributed by atoms with Gasteiger partial charge >= 0.3 is 0 Å². The van der Waals surface area contributed by atoms with Gasteiger partial charge in [-0.1, -0.05) is 19.1 Å². The third-order valence-corrected chi connectivity index (χ3v) is 5.28. The maximum Gasteiger partial charge on any atom is 0.265 e. The summed E-state index contributed by atoms with van der Waals surface area (Å²) >= 11 is 1.62. The molecule has 3 rings (SSSR count). The fraction of sp³-hybridized carbons (Fsp3) is 0.333. The molecule has 1 aliphatic rings. The normalized spacial score (nSPS) is 16.6. The lowest BCUT2D eigenvalue weighted by atomic mass is 9.90. The minimum absolute atomic E-state index is 0.0416. The molecule has 0 radical (unpaired) electrons. The van der Waals surface area contributed by atoms with Crippen LogP contribution >= 0.6 is 11.3 Å². The van der Waals surface area contributed by atoms with Crippen LogP contribution in [0, 0.1) is 17.2 Å². The van der Waals surface area contributed by atoms with Gasteiger partial charge in [0.25, 0.3) is 5.91 Å². The number of hydrogen-bond acceptors (Lipinski definition) is 3. The highest BCUT2D eigenvalue weighted by atomic mass is 32.1. The van der Waals surface area contributed by atoms with Crippen LogP contribution in [0.4, 0.5) is 5.69 Å². The van der Waals surface area contributed by atoms with Gasteiger partial charge in [-0.05, 0) is 54.5 Å². The number of amides is 1. The summed E-state index contributed by atoms with van der Waals surface area (Å²) in [5.74, 6) is 0.672. The molecule has 1 N–H and O–H groups in total. The topological polar surface area (TPSA) is 52.9 Å². The Morgan fingerprint density at radius 2 is 2.18 bits per heavy atom. The molecular formula is C18H18N2OS. The van der Waals surface area contributed by atoms with Crippen LogP contribution in [0.2, 0.25) is 0 Å². The summed E-state index contributed by atoms with van der Waals surface area (Å²) in [6, 6.07) is 11.6. The van der Waals surface area contributed by atoms with Crippen molar-refractivity contribution >= 4 is 22.9 Å². The largest absolute Gasteiger partial charge is 0.321 e. The van der Waals surface area contributed by atoms with Gasteiger partial charge < -0.3 is 5.32 Å². The molecule has 0 fully saturated rings. The molecule has 0 bridgehead atoms. The second-order valence-corrected chi connectivity index (χ2v) is 7.03. The molecule has 112 valence electrons. The highest BCUT2D eigenvalue weighted by Gasteiger charge is 2.20. The molecule has 0 saturated carbocycles. The smallest absolute Gasteiger partial charge is 0.265 e. The SMILES string of the molecule is C[C@@H]1CCc2sc(C(=O)Nc3ccc(CC#N)cc3)cc2C1. The van der Waals surface area contributed by atoms with Gasteiger partial charge in [-0.2, -0.15) is 5.26 Å². The number of aryl methyl sites for hydroxylation is 1. The van der Waals surface area contributed by atoms with Crippen molar-refractivity contribution in [2.45, 2.75) is 32.6 Å². The second kappa shape index (κ2) is 6.33. The van der Waals surface area contributed by atoms with Gasteiger partial charge in [-0.15, -0.1) is 11.3 Å². The fourth-order valence-corrected chi connectivity index (χ4v) is 3.91. The van der Waals surface area contributed by atoms with Crippen molar-refractivity contribution in [2.75, 3.05) is 5.32 Å². The minimum atomic E-state index is -0.0416. The second-order valence-electron chi connectivity index (χ2n) is 5.89. The van der Waals surface area contributed by atoms with Crippen molar-refractivity contribution in [3.05, 3.63) is 51.2 Å². The maximum atomic E-state index is 12.4. The summed E-state index contributed by atoms with van der Waals surface area (Å²) < 4.78 is 0. The Kier molecular flexibility index (Phi) is 4.26. The lowest BCUT2D eigenvalue weighted by Crippen LogP contribution is -2.10. The van der Waals surface area contributed by atoms with Crippen LogP contribution in [0.25, 0.3) is 0 Å². The molecule has 1 aromatic heterocycles. The van der Waals surface area contributed by atoms with E-state index in [1.165, 1.54) is 16.9 Å². The molecule has 0 saturated heterocycles. The number of rotatable bonds is 3. The predicted octanol–water partition coefficient (Wildman–Crippen LogP) is 4.19. The summed E-state index contributed by atoms with van der Waals surface area (Å²) in [5, 5.41) is 11.6. The van der Waals surface area contributed by atoms with E-state index < -0.39 is 0 Å². The van der Waals surface area contributed by atoms with Crippen LogP contribution in [0.15, 0.2) is 30.3 Å². The van der Waals surface area contributed by atoms with Crippen LogP contribution in [0.5, 0.6) is 0 Å². The highest BCUT2D eigenvalue weighted by molar-refractivity contribution is 7.14. The number of nitriles is 1. The summed E-state index contributed by atoms with van der Waals surface area (Å²) in [5.41, 5.74) is 3.07. The Hall–Kier alpha value is -2.12. The molecule has 0 spiro atoms. The van der Waals surface area contributed by atoms with E-state index in [9.17, 15) is 4.79 Å². The predicted molar refractivity (Wildman–Crippen MR) is 89.2 cm³/mol. The number of hydrogen-bond donors (Lipinski definition) is 1. The average Bonchev–Trinajstić information content (AvgIpc) is 2.92. The van der Waals surface area contributed by atoms with Crippen molar-refractivity contribution in [1.82, 2.24) is 0 Å². The van der Waals surface area contributed by atoms with Gasteiger partial charge in [0.15, 0.2) is 0 Å². The Balaban J connectivity index is 1.71. The lowest BCUT2D eigenvalue weighted by Gasteiger charge is -2.16. The zero-order valence-corrected chi connectivity index (χ0v) is 13.4. The Morgan fingerprint density at radius 1 is 1.41 bits per heavy atom. The third kappa shape index (κ3) is 3.20. The van der Waals surface area contributed by atoms with E-state index in [1.807, 2.05) is 24.3 Å². The van der Waals surface area contributed by atoms with E-state index in [1.54, 1.807) is 11.3 Å². The van der Waals surface area contributed by atoms with Crippen LogP contribution in [-0.4, -0.2) is 5.91 Å². The number of nitrogens with one attached hydrogen (secondary N) is 1. The zero-order valence-electron chi connectivity index (χ0n) is 12.6. The summed E-state index contributed by atoms with van der Waals surface area (Å²) in [7, 11) is 0. The molecule has 1 atom stereocenters. The van der Waals surface area contributed by atoms with Gasteiger partial charge in [-0.25, -0.2) is 0 Å². The van der Waals surface area contributed by atoms with Crippen LogP contribution in [-0.2, 0) is 19.3 Å². The van der Waals surface area contributed by atoms with Crippen LogP contribution in [0.1, 0.15) is 39.0 Å². The average molecular weight is 310 g/mol. The van der Waals surface area contributed by atoms with E-state index in [0.29, 0.717) is 12.3 Å². The molecule has 1 amide bonds. The van der Waals surface area contributed by atoms with Crippen LogP contribution < -0.4 is 5.32 Å². The van der Waals surface area contributed by atoms with Gasteiger partial charge in [0.1, 0.15) is 0 Å².